The Morgan fingerprint density at radius 3 is 1.94 bits per heavy atom. The second-order valence-corrected chi connectivity index (χ2v) is 20.0. The molecule has 0 aliphatic rings. The van der Waals surface area contributed by atoms with Crippen molar-refractivity contribution in [1.29, 1.82) is 0 Å². The van der Waals surface area contributed by atoms with E-state index >= 15 is 0 Å². The Balaban J connectivity index is 1.39. The van der Waals surface area contributed by atoms with Gasteiger partial charge in [-0.05, 0) is 139 Å². The average Bonchev–Trinajstić information content (AvgIpc) is 3.85. The zero-order valence-electron chi connectivity index (χ0n) is 50.3. The summed E-state index contributed by atoms with van der Waals surface area (Å²) in [5.41, 5.74) is 10.7. The smallest absolute Gasteiger partial charge is 0.149 e. The lowest BCUT2D eigenvalue weighted by Gasteiger charge is -2.22. The minimum Gasteiger partial charge on any atom is -0.507 e. The monoisotopic (exact) mass is 888 g/mol. The van der Waals surface area contributed by atoms with Crippen LogP contribution < -0.4 is 0 Å². The van der Waals surface area contributed by atoms with E-state index in [-0.39, 0.29) is 34.0 Å². The highest BCUT2D eigenvalue weighted by Gasteiger charge is 2.27. The molecule has 336 valence electrons. The van der Waals surface area contributed by atoms with E-state index < -0.39 is 59.6 Å². The summed E-state index contributed by atoms with van der Waals surface area (Å²) in [6.07, 6.45) is -0.531. The number of phenols is 1. The number of nitrogens with zero attached hydrogens (tertiary/aromatic N) is 3. The van der Waals surface area contributed by atoms with Crippen LogP contribution in [0.5, 0.6) is 5.75 Å². The molecule has 4 heteroatoms. The maximum atomic E-state index is 12.6. The Kier molecular flexibility index (Phi) is 9.03. The molecule has 0 fully saturated rings. The van der Waals surface area contributed by atoms with Crippen LogP contribution in [-0.4, -0.2) is 19.6 Å². The van der Waals surface area contributed by atoms with Crippen molar-refractivity contribution in [2.24, 2.45) is 0 Å². The molecule has 0 atom stereocenters. The van der Waals surface area contributed by atoms with Crippen LogP contribution in [0.25, 0.3) is 83.9 Å². The van der Waals surface area contributed by atoms with Crippen LogP contribution in [0, 0.1) is 6.92 Å². The van der Waals surface area contributed by atoms with Gasteiger partial charge in [-0.3, -0.25) is 9.55 Å². The molecule has 7 aromatic carbocycles. The number of para-hydroxylation sites is 1. The number of fused-ring (bicyclic) bond motifs is 1. The predicted octanol–water partition coefficient (Wildman–Crippen LogP) is 17.3. The van der Waals surface area contributed by atoms with Crippen molar-refractivity contribution in [1.82, 2.24) is 14.5 Å². The van der Waals surface area contributed by atoms with Gasteiger partial charge in [0, 0.05) is 25.6 Å². The van der Waals surface area contributed by atoms with E-state index in [1.165, 1.54) is 5.56 Å². The van der Waals surface area contributed by atoms with Crippen molar-refractivity contribution >= 4 is 11.0 Å². The summed E-state index contributed by atoms with van der Waals surface area (Å²) < 4.78 is 90.5. The molecule has 0 unspecified atom stereocenters. The third-order valence-corrected chi connectivity index (χ3v) is 12.6. The zero-order chi connectivity index (χ0) is 56.2. The Bertz CT molecular complexity index is 3810. The van der Waals surface area contributed by atoms with Gasteiger partial charge in [-0.1, -0.05) is 178 Å². The minimum atomic E-state index is -1.27. The number of hydrogen-bond donors (Lipinski definition) is 1. The second kappa shape index (κ2) is 17.6. The first-order valence-electron chi connectivity index (χ1n) is 27.8. The van der Waals surface area contributed by atoms with Crippen LogP contribution in [0.3, 0.4) is 0 Å². The van der Waals surface area contributed by atoms with Gasteiger partial charge in [-0.2, -0.15) is 0 Å². The van der Waals surface area contributed by atoms with E-state index in [2.05, 4.69) is 85.8 Å². The molecule has 9 aromatic rings. The Morgan fingerprint density at radius 1 is 0.582 bits per heavy atom. The van der Waals surface area contributed by atoms with E-state index in [4.69, 9.17) is 14.6 Å². The summed E-state index contributed by atoms with van der Waals surface area (Å²) in [5, 5.41) is 12.6. The highest BCUT2D eigenvalue weighted by atomic mass is 16.3. The molecule has 0 radical (unpaired) electrons. The molecule has 0 aliphatic carbocycles. The summed E-state index contributed by atoms with van der Waals surface area (Å²) in [6.45, 7) is 21.8. The SMILES string of the molecule is [2H]c1nc(-c2cc(-c3cccc4c3nc(-c3cc(C([2H])(C)C)cc(C([2H])(C)C)c3O)n4-c3cc(C)c(-c4ccc(C(C)(C)C)cc4)cc3-c3ccccc3)cc(C(C)(C)C)c2)c([2H])c(-c2c([2H])c([2H])c([2H])c([2H])c2[2H])c1[2H]. The summed E-state index contributed by atoms with van der Waals surface area (Å²) in [5.74, 6) is -2.16. The first-order chi connectivity index (χ1) is 35.9. The minimum absolute atomic E-state index is 0.0139. The number of aromatic hydroxyl groups is 1. The van der Waals surface area contributed by atoms with Crippen LogP contribution in [0.15, 0.2) is 164 Å². The topological polar surface area (TPSA) is 50.9 Å². The van der Waals surface area contributed by atoms with Gasteiger partial charge in [0.1, 0.15) is 11.6 Å². The number of hydrogen-bond acceptors (Lipinski definition) is 3. The molecule has 2 heterocycles. The lowest BCUT2D eigenvalue weighted by Crippen LogP contribution is -2.11. The lowest BCUT2D eigenvalue weighted by molar-refractivity contribution is 0.466. The number of pyridine rings is 1. The molecule has 0 aliphatic heterocycles. The van der Waals surface area contributed by atoms with Crippen molar-refractivity contribution < 1.29 is 18.8 Å². The molecule has 0 bridgehead atoms. The molecule has 2 aromatic heterocycles. The van der Waals surface area contributed by atoms with E-state index in [9.17, 15) is 9.22 Å². The molecule has 0 saturated heterocycles. The first kappa shape index (κ1) is 34.3. The van der Waals surface area contributed by atoms with E-state index in [0.29, 0.717) is 50.2 Å². The number of aromatic nitrogens is 3. The number of imidazole rings is 1. The Morgan fingerprint density at radius 2 is 1.27 bits per heavy atom. The maximum absolute atomic E-state index is 12.6. The van der Waals surface area contributed by atoms with Crippen LogP contribution in [0.4, 0.5) is 0 Å². The number of rotatable bonds is 9. The lowest BCUT2D eigenvalue weighted by atomic mass is 9.83. The fourth-order valence-electron chi connectivity index (χ4n) is 8.73. The number of benzene rings is 7. The summed E-state index contributed by atoms with van der Waals surface area (Å²) in [4.78, 5) is 10.0. The third kappa shape index (κ3) is 8.86. The fraction of sp³-hybridized carbons (Fsp3) is 0.238. The fourth-order valence-corrected chi connectivity index (χ4v) is 8.73. The van der Waals surface area contributed by atoms with Gasteiger partial charge in [0.05, 0.1) is 38.9 Å². The molecule has 67 heavy (non-hydrogen) atoms. The van der Waals surface area contributed by atoms with Gasteiger partial charge in [0.25, 0.3) is 0 Å². The van der Waals surface area contributed by atoms with Crippen molar-refractivity contribution in [3.63, 3.8) is 0 Å². The second-order valence-electron chi connectivity index (χ2n) is 20.0. The summed E-state index contributed by atoms with van der Waals surface area (Å²) in [6, 6.07) is 34.4. The van der Waals surface area contributed by atoms with E-state index in [0.717, 1.165) is 39.1 Å². The highest BCUT2D eigenvalue weighted by Crippen LogP contribution is 2.45. The molecule has 9 rings (SSSR count). The molecular formula is C63H63N3O. The van der Waals surface area contributed by atoms with Gasteiger partial charge < -0.3 is 5.11 Å². The average molecular weight is 888 g/mol. The quantitative estimate of drug-likeness (QED) is 0.157. The first-order valence-corrected chi connectivity index (χ1v) is 22.8. The highest BCUT2D eigenvalue weighted by molar-refractivity contribution is 5.98. The van der Waals surface area contributed by atoms with Gasteiger partial charge in [0.15, 0.2) is 0 Å². The Hall–Kier alpha value is -7.04. The largest absolute Gasteiger partial charge is 0.507 e. The predicted molar refractivity (Wildman–Crippen MR) is 283 cm³/mol. The van der Waals surface area contributed by atoms with Crippen molar-refractivity contribution in [3.8, 4) is 78.6 Å². The van der Waals surface area contributed by atoms with Gasteiger partial charge in [-0.25, -0.2) is 4.98 Å². The molecule has 0 spiro atoms. The van der Waals surface area contributed by atoms with Crippen LogP contribution in [-0.2, 0) is 10.8 Å². The van der Waals surface area contributed by atoms with E-state index in [1.807, 2.05) is 75.4 Å². The maximum Gasteiger partial charge on any atom is 0.149 e. The Labute approximate surface area is 412 Å². The van der Waals surface area contributed by atoms with Crippen molar-refractivity contribution in [2.75, 3.05) is 0 Å². The van der Waals surface area contributed by atoms with Gasteiger partial charge >= 0.3 is 0 Å². The van der Waals surface area contributed by atoms with Crippen LogP contribution in [0.1, 0.15) is 123 Å². The van der Waals surface area contributed by atoms with Gasteiger partial charge in [-0.15, -0.1) is 0 Å². The van der Waals surface area contributed by atoms with Crippen LogP contribution >= 0.6 is 0 Å². The molecular weight excluding hydrogens is 815 g/mol. The molecule has 1 N–H and O–H groups in total. The molecule has 0 amide bonds. The standard InChI is InChI=1S/C63H63N3O/c1-39(2)46-35-52(40(3)4)60(67)55(36-46)61-65-59-51(47-32-48(34-50(33-47)63(9,10)11)56-37-45(29-30-64-56)42-19-14-12-15-20-42)23-18-24-57(59)66(61)58-31-41(5)53(38-54(58)43-21-16-13-17-22-43)44-25-27-49(28-26-44)62(6,7)8/h12-40,67H,1-11H3/i12D,14D,15D,19D,20D,29D,30D,37D,39D,40D. The van der Waals surface area contributed by atoms with Crippen LogP contribution in [0.2, 0.25) is 0 Å². The zero-order valence-corrected chi connectivity index (χ0v) is 40.3. The number of aryl methyl sites for hydroxylation is 1. The molecule has 4 nitrogen and oxygen atoms in total. The van der Waals surface area contributed by atoms with E-state index in [1.54, 1.807) is 39.8 Å². The summed E-state index contributed by atoms with van der Waals surface area (Å²) >= 11 is 0. The third-order valence-electron chi connectivity index (χ3n) is 12.6. The van der Waals surface area contributed by atoms with Crippen molar-refractivity contribution in [3.05, 3.63) is 192 Å². The molecule has 0 saturated carbocycles. The van der Waals surface area contributed by atoms with Crippen molar-refractivity contribution in [2.45, 2.75) is 98.8 Å². The normalized spacial score (nSPS) is 14.6. The summed E-state index contributed by atoms with van der Waals surface area (Å²) in [7, 11) is 0. The number of phenolic OH excluding ortho intramolecular Hbond substituents is 1. The van der Waals surface area contributed by atoms with Gasteiger partial charge in [0.2, 0.25) is 0 Å².